The number of rotatable bonds is 5. The molecule has 0 unspecified atom stereocenters. The van der Waals surface area contributed by atoms with Gasteiger partial charge in [0.1, 0.15) is 23.7 Å². The summed E-state index contributed by atoms with van der Waals surface area (Å²) in [5.74, 6) is -2.90. The van der Waals surface area contributed by atoms with E-state index in [1.165, 1.54) is 18.2 Å². The van der Waals surface area contributed by atoms with E-state index in [0.717, 1.165) is 17.7 Å². The molecule has 0 saturated heterocycles. The standard InChI is InChI=1S/C23H17F2N5O3/c1-30-12-26-29-21(30)13-3-2-4-17(9-13)28-23(33)19-6-5-18(11-20(19)31)27-22(32)14-7-15(24)10-16(25)8-14/h2-12,31H,1H3,(H,27,32)(H,28,33). The van der Waals surface area contributed by atoms with Gasteiger partial charge in [0.15, 0.2) is 5.82 Å². The van der Waals surface area contributed by atoms with Crippen molar-refractivity contribution in [1.82, 2.24) is 14.8 Å². The van der Waals surface area contributed by atoms with Crippen LogP contribution in [0.4, 0.5) is 20.2 Å². The number of hydrogen-bond acceptors (Lipinski definition) is 5. The number of amides is 2. The molecule has 1 heterocycles. The van der Waals surface area contributed by atoms with Crippen LogP contribution in [0.2, 0.25) is 0 Å². The molecule has 3 N–H and O–H groups in total. The topological polar surface area (TPSA) is 109 Å². The lowest BCUT2D eigenvalue weighted by Crippen LogP contribution is -2.14. The van der Waals surface area contributed by atoms with Crippen molar-refractivity contribution in [3.63, 3.8) is 0 Å². The van der Waals surface area contributed by atoms with E-state index >= 15 is 0 Å². The largest absolute Gasteiger partial charge is 0.507 e. The number of phenols is 1. The Kier molecular flexibility index (Phi) is 5.81. The van der Waals surface area contributed by atoms with Gasteiger partial charge in [0.05, 0.1) is 5.56 Å². The molecule has 3 aromatic carbocycles. The molecule has 166 valence electrons. The average molecular weight is 449 g/mol. The van der Waals surface area contributed by atoms with Crippen molar-refractivity contribution in [2.45, 2.75) is 0 Å². The summed E-state index contributed by atoms with van der Waals surface area (Å²) < 4.78 is 28.4. The Balaban J connectivity index is 1.48. The number of phenolic OH excluding ortho intramolecular Hbond substituents is 1. The van der Waals surface area contributed by atoms with Gasteiger partial charge in [0.2, 0.25) is 0 Å². The summed E-state index contributed by atoms with van der Waals surface area (Å²) in [6.07, 6.45) is 1.56. The Morgan fingerprint density at radius 2 is 1.61 bits per heavy atom. The first-order valence-corrected chi connectivity index (χ1v) is 9.66. The molecule has 0 fully saturated rings. The van der Waals surface area contributed by atoms with E-state index in [9.17, 15) is 23.5 Å². The molecule has 10 heteroatoms. The zero-order valence-electron chi connectivity index (χ0n) is 17.2. The van der Waals surface area contributed by atoms with Crippen LogP contribution < -0.4 is 10.6 Å². The van der Waals surface area contributed by atoms with Gasteiger partial charge < -0.3 is 20.3 Å². The Morgan fingerprint density at radius 3 is 2.27 bits per heavy atom. The SMILES string of the molecule is Cn1cnnc1-c1cccc(NC(=O)c2ccc(NC(=O)c3cc(F)cc(F)c3)cc2O)c1. The lowest BCUT2D eigenvalue weighted by Gasteiger charge is -2.11. The van der Waals surface area contributed by atoms with Crippen LogP contribution in [0, 0.1) is 11.6 Å². The maximum absolute atomic E-state index is 13.3. The molecule has 0 aliphatic heterocycles. The molecule has 8 nitrogen and oxygen atoms in total. The third-order valence-corrected chi connectivity index (χ3v) is 4.71. The first kappa shape index (κ1) is 21.6. The highest BCUT2D eigenvalue weighted by molar-refractivity contribution is 6.08. The van der Waals surface area contributed by atoms with Crippen LogP contribution in [0.1, 0.15) is 20.7 Å². The molecule has 4 rings (SSSR count). The zero-order valence-corrected chi connectivity index (χ0v) is 17.2. The first-order valence-electron chi connectivity index (χ1n) is 9.66. The molecule has 0 aliphatic carbocycles. The predicted octanol–water partition coefficient (Wildman–Crippen LogP) is 3.97. The zero-order chi connectivity index (χ0) is 23.5. The van der Waals surface area contributed by atoms with Crippen molar-refractivity contribution < 1.29 is 23.5 Å². The van der Waals surface area contributed by atoms with Crippen molar-refractivity contribution in [1.29, 1.82) is 0 Å². The second-order valence-corrected chi connectivity index (χ2v) is 7.14. The van der Waals surface area contributed by atoms with E-state index < -0.39 is 23.4 Å². The summed E-state index contributed by atoms with van der Waals surface area (Å²) in [5.41, 5.74) is 1.10. The summed E-state index contributed by atoms with van der Waals surface area (Å²) in [7, 11) is 1.80. The molecular weight excluding hydrogens is 432 g/mol. The fourth-order valence-corrected chi connectivity index (χ4v) is 3.17. The smallest absolute Gasteiger partial charge is 0.259 e. The summed E-state index contributed by atoms with van der Waals surface area (Å²) in [6, 6.07) is 13.2. The molecule has 0 bridgehead atoms. The summed E-state index contributed by atoms with van der Waals surface area (Å²) in [6.45, 7) is 0. The number of hydrogen-bond donors (Lipinski definition) is 3. The molecule has 33 heavy (non-hydrogen) atoms. The van der Waals surface area contributed by atoms with Gasteiger partial charge in [-0.15, -0.1) is 10.2 Å². The normalized spacial score (nSPS) is 10.6. The minimum absolute atomic E-state index is 0.0335. The number of halogens is 2. The molecule has 0 saturated carbocycles. The van der Waals surface area contributed by atoms with Crippen molar-refractivity contribution in [2.75, 3.05) is 10.6 Å². The number of nitrogens with zero attached hydrogens (tertiary/aromatic N) is 3. The fraction of sp³-hybridized carbons (Fsp3) is 0.0435. The Hall–Kier alpha value is -4.60. The number of aromatic nitrogens is 3. The van der Waals surface area contributed by atoms with Crippen LogP contribution >= 0.6 is 0 Å². The lowest BCUT2D eigenvalue weighted by atomic mass is 10.1. The van der Waals surface area contributed by atoms with Crippen LogP contribution in [-0.4, -0.2) is 31.7 Å². The summed E-state index contributed by atoms with van der Waals surface area (Å²) >= 11 is 0. The van der Waals surface area contributed by atoms with Crippen molar-refractivity contribution in [2.24, 2.45) is 7.05 Å². The molecule has 2 amide bonds. The quantitative estimate of drug-likeness (QED) is 0.427. The molecule has 0 spiro atoms. The number of carbonyl (C=O) groups is 2. The minimum Gasteiger partial charge on any atom is -0.507 e. The van der Waals surface area contributed by atoms with Crippen molar-refractivity contribution >= 4 is 23.2 Å². The Labute approximate surface area is 186 Å². The van der Waals surface area contributed by atoms with Gasteiger partial charge in [-0.1, -0.05) is 12.1 Å². The van der Waals surface area contributed by atoms with E-state index in [0.29, 0.717) is 17.6 Å². The van der Waals surface area contributed by atoms with Crippen LogP contribution in [0.5, 0.6) is 5.75 Å². The fourth-order valence-electron chi connectivity index (χ4n) is 3.17. The number of benzene rings is 3. The second kappa shape index (κ2) is 8.87. The van der Waals surface area contributed by atoms with Crippen molar-refractivity contribution in [3.8, 4) is 17.1 Å². The molecule has 0 atom stereocenters. The van der Waals surface area contributed by atoms with E-state index in [-0.39, 0.29) is 22.6 Å². The Bertz CT molecular complexity index is 1350. The van der Waals surface area contributed by atoms with E-state index in [1.54, 1.807) is 36.1 Å². The average Bonchev–Trinajstić information content (AvgIpc) is 3.19. The third kappa shape index (κ3) is 4.85. The molecule has 4 aromatic rings. The molecule has 1 aromatic heterocycles. The second-order valence-electron chi connectivity index (χ2n) is 7.14. The number of anilines is 2. The van der Waals surface area contributed by atoms with Crippen LogP contribution in [-0.2, 0) is 7.05 Å². The first-order chi connectivity index (χ1) is 15.8. The van der Waals surface area contributed by atoms with Crippen LogP contribution in [0.15, 0.2) is 67.0 Å². The van der Waals surface area contributed by atoms with Gasteiger partial charge in [0, 0.05) is 41.7 Å². The lowest BCUT2D eigenvalue weighted by molar-refractivity contribution is 0.101. The van der Waals surface area contributed by atoms with Gasteiger partial charge in [-0.05, 0) is 36.4 Å². The number of carbonyl (C=O) groups excluding carboxylic acids is 2. The highest BCUT2D eigenvalue weighted by Crippen LogP contribution is 2.25. The van der Waals surface area contributed by atoms with E-state index in [4.69, 9.17) is 0 Å². The van der Waals surface area contributed by atoms with Gasteiger partial charge in [-0.25, -0.2) is 8.78 Å². The Morgan fingerprint density at radius 1 is 0.909 bits per heavy atom. The maximum atomic E-state index is 13.3. The third-order valence-electron chi connectivity index (χ3n) is 4.71. The van der Waals surface area contributed by atoms with Crippen LogP contribution in [0.25, 0.3) is 11.4 Å². The van der Waals surface area contributed by atoms with Gasteiger partial charge in [-0.2, -0.15) is 0 Å². The van der Waals surface area contributed by atoms with Gasteiger partial charge in [0.25, 0.3) is 11.8 Å². The monoisotopic (exact) mass is 449 g/mol. The van der Waals surface area contributed by atoms with Crippen molar-refractivity contribution in [3.05, 3.63) is 89.8 Å². The van der Waals surface area contributed by atoms with Crippen LogP contribution in [0.3, 0.4) is 0 Å². The minimum atomic E-state index is -0.891. The number of aromatic hydroxyl groups is 1. The summed E-state index contributed by atoms with van der Waals surface area (Å²) in [4.78, 5) is 24.9. The highest BCUT2D eigenvalue weighted by atomic mass is 19.1. The molecule has 0 radical (unpaired) electrons. The number of aryl methyl sites for hydroxylation is 1. The van der Waals surface area contributed by atoms with E-state index in [1.807, 2.05) is 6.07 Å². The maximum Gasteiger partial charge on any atom is 0.259 e. The highest BCUT2D eigenvalue weighted by Gasteiger charge is 2.15. The summed E-state index contributed by atoms with van der Waals surface area (Å²) in [5, 5.41) is 23.3. The number of nitrogens with one attached hydrogen (secondary N) is 2. The van der Waals surface area contributed by atoms with E-state index in [2.05, 4.69) is 20.8 Å². The molecule has 0 aliphatic rings. The van der Waals surface area contributed by atoms with Gasteiger partial charge in [-0.3, -0.25) is 9.59 Å². The molecular formula is C23H17F2N5O3. The predicted molar refractivity (Wildman–Crippen MR) is 117 cm³/mol. The van der Waals surface area contributed by atoms with Gasteiger partial charge >= 0.3 is 0 Å².